The summed E-state index contributed by atoms with van der Waals surface area (Å²) >= 11 is 5.96. The molecular formula is C24H28ClFN6O4. The summed E-state index contributed by atoms with van der Waals surface area (Å²) in [6.07, 6.45) is 0. The molecule has 0 bridgehead atoms. The molecule has 3 rings (SSSR count). The Labute approximate surface area is 213 Å². The van der Waals surface area contributed by atoms with Gasteiger partial charge in [0, 0.05) is 16.8 Å². The number of nitrogens with one attached hydrogen (secondary N) is 1. The quantitative estimate of drug-likeness (QED) is 0.486. The van der Waals surface area contributed by atoms with E-state index in [1.807, 2.05) is 20.8 Å². The van der Waals surface area contributed by atoms with Gasteiger partial charge in [-0.25, -0.2) is 4.39 Å². The van der Waals surface area contributed by atoms with Crippen molar-refractivity contribution in [3.8, 4) is 22.9 Å². The van der Waals surface area contributed by atoms with E-state index in [1.165, 1.54) is 31.3 Å². The van der Waals surface area contributed by atoms with Gasteiger partial charge in [-0.15, -0.1) is 10.2 Å². The van der Waals surface area contributed by atoms with Gasteiger partial charge in [-0.3, -0.25) is 14.5 Å². The smallest absolute Gasteiger partial charge is 0.251 e. The third kappa shape index (κ3) is 6.28. The highest BCUT2D eigenvalue weighted by atomic mass is 35.5. The Morgan fingerprint density at radius 3 is 2.44 bits per heavy atom. The second-order valence-corrected chi connectivity index (χ2v) is 9.40. The lowest BCUT2D eigenvalue weighted by molar-refractivity contribution is -0.127. The normalized spacial score (nSPS) is 12.1. The van der Waals surface area contributed by atoms with Gasteiger partial charge in [0.05, 0.1) is 19.2 Å². The maximum absolute atomic E-state index is 13.8. The molecule has 2 aromatic carbocycles. The number of halogens is 2. The molecule has 1 unspecified atom stereocenters. The zero-order valence-electron chi connectivity index (χ0n) is 20.9. The number of nitrogens with zero attached hydrogens (tertiary/aromatic N) is 5. The molecule has 0 aliphatic rings. The molecule has 0 radical (unpaired) electrons. The molecular weight excluding hydrogens is 491 g/mol. The van der Waals surface area contributed by atoms with Crippen LogP contribution in [0.25, 0.3) is 11.4 Å². The van der Waals surface area contributed by atoms with Crippen molar-refractivity contribution in [3.63, 3.8) is 0 Å². The van der Waals surface area contributed by atoms with Crippen LogP contribution in [-0.4, -0.2) is 57.8 Å². The monoisotopic (exact) mass is 518 g/mol. The fraction of sp³-hybridized carbons (Fsp3) is 0.375. The highest BCUT2D eigenvalue weighted by Gasteiger charge is 2.30. The van der Waals surface area contributed by atoms with E-state index in [-0.39, 0.29) is 23.1 Å². The lowest BCUT2D eigenvalue weighted by atomic mass is 10.1. The van der Waals surface area contributed by atoms with Gasteiger partial charge < -0.3 is 14.8 Å². The maximum atomic E-state index is 13.8. The first kappa shape index (κ1) is 26.9. The standard InChI is InChI=1S/C24H28ClFN6O4/c1-14(23(34)27-24(2,3)4)32(16-8-9-18(26)17(25)12-16)21(33)13-31-29-22(28-30-31)15-7-10-19(35-5)20(11-15)36-6/h7-12,14H,13H2,1-6H3,(H,27,34). The van der Waals surface area contributed by atoms with Gasteiger partial charge in [-0.2, -0.15) is 4.80 Å². The van der Waals surface area contributed by atoms with Crippen LogP contribution in [-0.2, 0) is 16.1 Å². The fourth-order valence-electron chi connectivity index (χ4n) is 3.41. The van der Waals surface area contributed by atoms with Gasteiger partial charge in [-0.1, -0.05) is 11.6 Å². The predicted molar refractivity (Wildman–Crippen MR) is 133 cm³/mol. The summed E-state index contributed by atoms with van der Waals surface area (Å²) in [4.78, 5) is 28.6. The summed E-state index contributed by atoms with van der Waals surface area (Å²) in [5.41, 5.74) is 0.331. The molecule has 36 heavy (non-hydrogen) atoms. The van der Waals surface area contributed by atoms with Crippen LogP contribution in [0, 0.1) is 5.82 Å². The second kappa shape index (κ2) is 10.9. The molecule has 2 amide bonds. The van der Waals surface area contributed by atoms with Crippen molar-refractivity contribution in [2.24, 2.45) is 0 Å². The minimum atomic E-state index is -0.938. The molecule has 0 saturated heterocycles. The van der Waals surface area contributed by atoms with Crippen LogP contribution in [0.5, 0.6) is 11.5 Å². The molecule has 1 N–H and O–H groups in total. The van der Waals surface area contributed by atoms with Crippen LogP contribution >= 0.6 is 11.6 Å². The Morgan fingerprint density at radius 2 is 1.83 bits per heavy atom. The van der Waals surface area contributed by atoms with E-state index in [4.69, 9.17) is 21.1 Å². The van der Waals surface area contributed by atoms with Crippen molar-refractivity contribution in [3.05, 3.63) is 47.2 Å². The Morgan fingerprint density at radius 1 is 1.14 bits per heavy atom. The lowest BCUT2D eigenvalue weighted by Crippen LogP contribution is -2.53. The molecule has 12 heteroatoms. The molecule has 0 aliphatic heterocycles. The summed E-state index contributed by atoms with van der Waals surface area (Å²) in [5.74, 6) is -0.268. The van der Waals surface area contributed by atoms with E-state index in [2.05, 4.69) is 20.7 Å². The Bertz CT molecular complexity index is 1260. The minimum Gasteiger partial charge on any atom is -0.493 e. The average Bonchev–Trinajstić information content (AvgIpc) is 3.28. The van der Waals surface area contributed by atoms with E-state index in [1.54, 1.807) is 25.1 Å². The first-order valence-corrected chi connectivity index (χ1v) is 11.4. The van der Waals surface area contributed by atoms with Gasteiger partial charge in [0.15, 0.2) is 11.5 Å². The molecule has 3 aromatic rings. The zero-order valence-corrected chi connectivity index (χ0v) is 21.6. The number of benzene rings is 2. The summed E-state index contributed by atoms with van der Waals surface area (Å²) in [6.45, 7) is 6.72. The molecule has 10 nitrogen and oxygen atoms in total. The van der Waals surface area contributed by atoms with Crippen molar-refractivity contribution in [2.45, 2.75) is 45.8 Å². The van der Waals surface area contributed by atoms with Crippen LogP contribution in [0.15, 0.2) is 36.4 Å². The summed E-state index contributed by atoms with van der Waals surface area (Å²) in [7, 11) is 3.04. The van der Waals surface area contributed by atoms with Crippen LogP contribution in [0.1, 0.15) is 27.7 Å². The number of hydrogen-bond acceptors (Lipinski definition) is 7. The van der Waals surface area contributed by atoms with E-state index in [0.29, 0.717) is 17.1 Å². The number of tetrazole rings is 1. The maximum Gasteiger partial charge on any atom is 0.251 e. The Balaban J connectivity index is 1.89. The molecule has 0 fully saturated rings. The fourth-order valence-corrected chi connectivity index (χ4v) is 3.58. The average molecular weight is 519 g/mol. The van der Waals surface area contributed by atoms with Gasteiger partial charge in [0.1, 0.15) is 18.4 Å². The largest absolute Gasteiger partial charge is 0.493 e. The van der Waals surface area contributed by atoms with Gasteiger partial charge in [-0.05, 0) is 69.3 Å². The number of ether oxygens (including phenoxy) is 2. The Kier molecular flexibility index (Phi) is 8.13. The first-order valence-electron chi connectivity index (χ1n) is 11.0. The predicted octanol–water partition coefficient (Wildman–Crippen LogP) is 3.49. The Hall–Kier alpha value is -3.73. The van der Waals surface area contributed by atoms with Crippen molar-refractivity contribution in [1.82, 2.24) is 25.5 Å². The van der Waals surface area contributed by atoms with Crippen molar-refractivity contribution in [2.75, 3.05) is 19.1 Å². The minimum absolute atomic E-state index is 0.177. The first-order chi connectivity index (χ1) is 16.9. The number of anilines is 1. The zero-order chi connectivity index (χ0) is 26.6. The lowest BCUT2D eigenvalue weighted by Gasteiger charge is -2.31. The van der Waals surface area contributed by atoms with E-state index < -0.39 is 29.2 Å². The summed E-state index contributed by atoms with van der Waals surface area (Å²) < 4.78 is 24.3. The summed E-state index contributed by atoms with van der Waals surface area (Å²) in [5, 5.41) is 14.9. The number of hydrogen-bond donors (Lipinski definition) is 1. The van der Waals surface area contributed by atoms with E-state index in [0.717, 1.165) is 10.9 Å². The topological polar surface area (TPSA) is 111 Å². The highest BCUT2D eigenvalue weighted by molar-refractivity contribution is 6.31. The number of aromatic nitrogens is 4. The second-order valence-electron chi connectivity index (χ2n) is 8.99. The molecule has 0 spiro atoms. The van der Waals surface area contributed by atoms with Crippen molar-refractivity contribution in [1.29, 1.82) is 0 Å². The van der Waals surface area contributed by atoms with Crippen LogP contribution in [0.3, 0.4) is 0 Å². The van der Waals surface area contributed by atoms with Crippen LogP contribution < -0.4 is 19.7 Å². The molecule has 1 heterocycles. The van der Waals surface area contributed by atoms with Crippen LogP contribution in [0.4, 0.5) is 10.1 Å². The third-order valence-electron chi connectivity index (χ3n) is 5.09. The van der Waals surface area contributed by atoms with E-state index in [9.17, 15) is 14.0 Å². The van der Waals surface area contributed by atoms with Crippen molar-refractivity contribution >= 4 is 29.1 Å². The molecule has 1 aromatic heterocycles. The third-order valence-corrected chi connectivity index (χ3v) is 5.38. The van der Waals surface area contributed by atoms with Gasteiger partial charge >= 0.3 is 0 Å². The number of carbonyl (C=O) groups excluding carboxylic acids is 2. The number of methoxy groups -OCH3 is 2. The van der Waals surface area contributed by atoms with E-state index >= 15 is 0 Å². The van der Waals surface area contributed by atoms with Gasteiger partial charge in [0.2, 0.25) is 11.7 Å². The molecule has 1 atom stereocenters. The van der Waals surface area contributed by atoms with Crippen molar-refractivity contribution < 1.29 is 23.5 Å². The molecule has 0 saturated carbocycles. The molecule has 0 aliphatic carbocycles. The number of rotatable bonds is 8. The number of amides is 2. The summed E-state index contributed by atoms with van der Waals surface area (Å²) in [6, 6.07) is 7.99. The highest BCUT2D eigenvalue weighted by Crippen LogP contribution is 2.31. The van der Waals surface area contributed by atoms with Gasteiger partial charge in [0.25, 0.3) is 5.91 Å². The van der Waals surface area contributed by atoms with Crippen LogP contribution in [0.2, 0.25) is 5.02 Å². The molecule has 192 valence electrons. The SMILES string of the molecule is COc1ccc(-c2nnn(CC(=O)N(c3ccc(F)c(Cl)c3)C(C)C(=O)NC(C)(C)C)n2)cc1OC. The number of carbonyl (C=O) groups is 2.